The smallest absolute Gasteiger partial charge is 0.232 e. The highest BCUT2D eigenvalue weighted by Crippen LogP contribution is 2.11. The van der Waals surface area contributed by atoms with Crippen LogP contribution in [-0.4, -0.2) is 39.9 Å². The van der Waals surface area contributed by atoms with Crippen LogP contribution in [0.5, 0.6) is 0 Å². The van der Waals surface area contributed by atoms with Crippen LogP contribution in [0.4, 0.5) is 17.8 Å². The van der Waals surface area contributed by atoms with Crippen molar-refractivity contribution in [1.82, 2.24) is 15.0 Å². The number of aliphatic hydroxyl groups excluding tert-OH is 1. The Kier molecular flexibility index (Phi) is 4.89. The first kappa shape index (κ1) is 12.9. The van der Waals surface area contributed by atoms with Crippen molar-refractivity contribution < 1.29 is 5.11 Å². The Morgan fingerprint density at radius 3 is 2.41 bits per heavy atom. The molecule has 0 bridgehead atoms. The second-order valence-corrected chi connectivity index (χ2v) is 3.13. The number of nitrogens with two attached hydrogens (primary N) is 1. The predicted molar refractivity (Wildman–Crippen MR) is 67.6 cm³/mol. The van der Waals surface area contributed by atoms with Crippen LogP contribution >= 0.6 is 0 Å². The monoisotopic (exact) mass is 236 g/mol. The molecule has 0 radical (unpaired) electrons. The maximum atomic E-state index is 8.75. The summed E-state index contributed by atoms with van der Waals surface area (Å²) in [7, 11) is 0. The van der Waals surface area contributed by atoms with Gasteiger partial charge in [-0.15, -0.1) is 13.2 Å². The lowest BCUT2D eigenvalue weighted by molar-refractivity contribution is 0.324. The van der Waals surface area contributed by atoms with E-state index in [9.17, 15) is 0 Å². The molecule has 1 rings (SSSR count). The quantitative estimate of drug-likeness (QED) is 0.452. The molecule has 0 spiro atoms. The summed E-state index contributed by atoms with van der Waals surface area (Å²) in [5, 5.41) is 11.3. The fourth-order valence-corrected chi connectivity index (χ4v) is 1.22. The van der Waals surface area contributed by atoms with Crippen molar-refractivity contribution in [2.75, 3.05) is 35.8 Å². The molecular weight excluding hydrogens is 220 g/mol. The molecular formula is C10H16N6O. The number of rotatable bonds is 7. The molecule has 0 aromatic carbocycles. The van der Waals surface area contributed by atoms with Crippen LogP contribution < -0.4 is 16.0 Å². The van der Waals surface area contributed by atoms with E-state index >= 15 is 0 Å². The first-order chi connectivity index (χ1) is 8.21. The zero-order chi connectivity index (χ0) is 12.7. The number of nitrogens with zero attached hydrogens (tertiary/aromatic N) is 4. The van der Waals surface area contributed by atoms with Crippen LogP contribution in [0.3, 0.4) is 0 Å². The van der Waals surface area contributed by atoms with Gasteiger partial charge >= 0.3 is 0 Å². The minimum absolute atomic E-state index is 0.0871. The number of nitrogen functional groups attached to an aromatic ring is 1. The minimum atomic E-state index is -0.272. The van der Waals surface area contributed by atoms with Crippen molar-refractivity contribution in [3.8, 4) is 0 Å². The molecule has 0 amide bonds. The van der Waals surface area contributed by atoms with Gasteiger partial charge in [0.25, 0.3) is 0 Å². The summed E-state index contributed by atoms with van der Waals surface area (Å²) in [4.78, 5) is 13.8. The second kappa shape index (κ2) is 6.44. The summed E-state index contributed by atoms with van der Waals surface area (Å²) in [6.45, 7) is 8.17. The van der Waals surface area contributed by atoms with Gasteiger partial charge in [0.2, 0.25) is 17.8 Å². The molecule has 7 nitrogen and oxygen atoms in total. The summed E-state index contributed by atoms with van der Waals surface area (Å²) in [5.74, 6) is 0.727. The molecule has 0 aliphatic heterocycles. The molecule has 0 atom stereocenters. The van der Waals surface area contributed by atoms with Crippen LogP contribution in [0.1, 0.15) is 0 Å². The van der Waals surface area contributed by atoms with Gasteiger partial charge in [-0.2, -0.15) is 15.0 Å². The minimum Gasteiger partial charge on any atom is -0.376 e. The van der Waals surface area contributed by atoms with E-state index in [0.29, 0.717) is 19.0 Å². The van der Waals surface area contributed by atoms with E-state index in [1.807, 2.05) is 4.90 Å². The van der Waals surface area contributed by atoms with Gasteiger partial charge in [0.05, 0.1) is 0 Å². The largest absolute Gasteiger partial charge is 0.376 e. The van der Waals surface area contributed by atoms with Gasteiger partial charge in [-0.1, -0.05) is 12.2 Å². The van der Waals surface area contributed by atoms with Crippen molar-refractivity contribution >= 4 is 17.8 Å². The molecule has 0 aliphatic rings. The van der Waals surface area contributed by atoms with Crippen LogP contribution in [0.25, 0.3) is 0 Å². The Morgan fingerprint density at radius 1 is 1.24 bits per heavy atom. The van der Waals surface area contributed by atoms with Crippen molar-refractivity contribution in [3.63, 3.8) is 0 Å². The van der Waals surface area contributed by atoms with Crippen LogP contribution in [0.2, 0.25) is 0 Å². The number of nitrogens with one attached hydrogen (secondary N) is 1. The van der Waals surface area contributed by atoms with Crippen LogP contribution in [-0.2, 0) is 0 Å². The van der Waals surface area contributed by atoms with Crippen LogP contribution in [0.15, 0.2) is 25.3 Å². The summed E-state index contributed by atoms with van der Waals surface area (Å²) in [6, 6.07) is 0. The van der Waals surface area contributed by atoms with E-state index < -0.39 is 0 Å². The fourth-order valence-electron chi connectivity index (χ4n) is 1.22. The van der Waals surface area contributed by atoms with Gasteiger partial charge in [-0.05, 0) is 0 Å². The topological polar surface area (TPSA) is 100 Å². The van der Waals surface area contributed by atoms with Crippen molar-refractivity contribution in [3.05, 3.63) is 25.3 Å². The Morgan fingerprint density at radius 2 is 1.88 bits per heavy atom. The molecule has 1 heterocycles. The molecule has 0 aliphatic carbocycles. The highest BCUT2D eigenvalue weighted by Gasteiger charge is 2.09. The highest BCUT2D eigenvalue weighted by atomic mass is 16.3. The van der Waals surface area contributed by atoms with E-state index in [0.717, 1.165) is 0 Å². The lowest BCUT2D eigenvalue weighted by Crippen LogP contribution is -2.26. The van der Waals surface area contributed by atoms with Gasteiger partial charge in [-0.25, -0.2) is 0 Å². The number of anilines is 3. The maximum Gasteiger partial charge on any atom is 0.232 e. The average Bonchev–Trinajstić information content (AvgIpc) is 2.28. The predicted octanol–water partition coefficient (Wildman–Crippen LogP) is -0.00610. The standard InChI is InChI=1S/C10H16N6O/c1-3-5-16(6-4-2)10-14-8(11)13-9(15-10)12-7-17/h3-4,17H,1-2,5-7H2,(H3,11,12,13,14,15). The van der Waals surface area contributed by atoms with E-state index in [1.165, 1.54) is 0 Å². The SMILES string of the molecule is C=CCN(CC=C)c1nc(N)nc(NCO)n1. The molecule has 1 aromatic rings. The van der Waals surface area contributed by atoms with Gasteiger partial charge in [0.1, 0.15) is 6.73 Å². The normalized spacial score (nSPS) is 9.71. The third-order valence-electron chi connectivity index (χ3n) is 1.86. The molecule has 92 valence electrons. The van der Waals surface area contributed by atoms with E-state index in [4.69, 9.17) is 10.8 Å². The van der Waals surface area contributed by atoms with E-state index in [-0.39, 0.29) is 18.6 Å². The van der Waals surface area contributed by atoms with Crippen molar-refractivity contribution in [1.29, 1.82) is 0 Å². The molecule has 1 aromatic heterocycles. The number of aliphatic hydroxyl groups is 1. The zero-order valence-electron chi connectivity index (χ0n) is 9.50. The lowest BCUT2D eigenvalue weighted by Gasteiger charge is -2.19. The number of aromatic nitrogens is 3. The first-order valence-corrected chi connectivity index (χ1v) is 5.04. The van der Waals surface area contributed by atoms with Gasteiger partial charge in [-0.3, -0.25) is 0 Å². The maximum absolute atomic E-state index is 8.75. The summed E-state index contributed by atoms with van der Waals surface area (Å²) in [6.07, 6.45) is 3.45. The molecule has 17 heavy (non-hydrogen) atoms. The number of hydrogen-bond donors (Lipinski definition) is 3. The van der Waals surface area contributed by atoms with Crippen molar-refractivity contribution in [2.24, 2.45) is 0 Å². The molecule has 0 unspecified atom stereocenters. The molecule has 0 saturated heterocycles. The summed E-state index contributed by atoms with van der Waals surface area (Å²) in [5.41, 5.74) is 5.56. The third-order valence-corrected chi connectivity index (χ3v) is 1.86. The molecule has 7 heteroatoms. The highest BCUT2D eigenvalue weighted by molar-refractivity contribution is 5.42. The molecule has 0 fully saturated rings. The Labute approximate surface area is 99.7 Å². The number of hydrogen-bond acceptors (Lipinski definition) is 7. The van der Waals surface area contributed by atoms with Crippen LogP contribution in [0, 0.1) is 0 Å². The second-order valence-electron chi connectivity index (χ2n) is 3.13. The Hall–Kier alpha value is -2.15. The van der Waals surface area contributed by atoms with E-state index in [2.05, 4.69) is 33.4 Å². The average molecular weight is 236 g/mol. The molecule has 0 saturated carbocycles. The van der Waals surface area contributed by atoms with E-state index in [1.54, 1.807) is 12.2 Å². The Balaban J connectivity index is 2.99. The Bertz CT molecular complexity index is 384. The van der Waals surface area contributed by atoms with Crippen molar-refractivity contribution in [2.45, 2.75) is 0 Å². The lowest BCUT2D eigenvalue weighted by atomic mass is 10.4. The summed E-state index contributed by atoms with van der Waals surface area (Å²) >= 11 is 0. The molecule has 4 N–H and O–H groups in total. The first-order valence-electron chi connectivity index (χ1n) is 5.04. The fraction of sp³-hybridized carbons (Fsp3) is 0.300. The van der Waals surface area contributed by atoms with Gasteiger partial charge in [0, 0.05) is 13.1 Å². The zero-order valence-corrected chi connectivity index (χ0v) is 9.50. The summed E-state index contributed by atoms with van der Waals surface area (Å²) < 4.78 is 0. The van der Waals surface area contributed by atoms with Gasteiger partial charge < -0.3 is 21.1 Å². The third kappa shape index (κ3) is 3.72. The van der Waals surface area contributed by atoms with Gasteiger partial charge in [0.15, 0.2) is 0 Å².